The Bertz CT molecular complexity index is 694. The van der Waals surface area contributed by atoms with Crippen LogP contribution in [0.1, 0.15) is 10.4 Å². The van der Waals surface area contributed by atoms with E-state index in [-0.39, 0.29) is 31.5 Å². The minimum Gasteiger partial charge on any atom is -0.504 e. The van der Waals surface area contributed by atoms with E-state index in [1.807, 2.05) is 0 Å². The first kappa shape index (κ1) is 15.1. The van der Waals surface area contributed by atoms with Crippen molar-refractivity contribution >= 4 is 50.7 Å². The second-order valence-corrected chi connectivity index (χ2v) is 5.56. The molecule has 2 rings (SSSR count). The zero-order valence-corrected chi connectivity index (χ0v) is 12.9. The predicted octanol–water partition coefficient (Wildman–Crippen LogP) is 4.85. The van der Waals surface area contributed by atoms with Crippen LogP contribution in [0.3, 0.4) is 0 Å². The van der Waals surface area contributed by atoms with Gasteiger partial charge in [-0.15, -0.1) is 0 Å². The molecule has 0 radical (unpaired) electrons. The SMILES string of the molecule is O=C(Nc1cc(Cl)cc(Cl)c1O)c1ccc(Br)c(F)c1. The largest absolute Gasteiger partial charge is 0.504 e. The molecule has 1 amide bonds. The molecule has 0 aliphatic carbocycles. The summed E-state index contributed by atoms with van der Waals surface area (Å²) in [5.74, 6) is -1.46. The van der Waals surface area contributed by atoms with Crippen molar-refractivity contribution in [3.05, 3.63) is 56.2 Å². The van der Waals surface area contributed by atoms with E-state index in [2.05, 4.69) is 21.2 Å². The summed E-state index contributed by atoms with van der Waals surface area (Å²) < 4.78 is 13.6. The zero-order valence-electron chi connectivity index (χ0n) is 9.75. The zero-order chi connectivity index (χ0) is 14.9. The van der Waals surface area contributed by atoms with Crippen LogP contribution in [0.4, 0.5) is 10.1 Å². The lowest BCUT2D eigenvalue weighted by Gasteiger charge is -2.09. The summed E-state index contributed by atoms with van der Waals surface area (Å²) in [5.41, 5.74) is 0.150. The first-order chi connectivity index (χ1) is 9.38. The minimum atomic E-state index is -0.593. The number of nitrogens with one attached hydrogen (secondary N) is 1. The first-order valence-electron chi connectivity index (χ1n) is 5.33. The van der Waals surface area contributed by atoms with Gasteiger partial charge in [0.1, 0.15) is 5.82 Å². The molecule has 0 atom stereocenters. The number of halogens is 4. The quantitative estimate of drug-likeness (QED) is 0.733. The molecule has 0 bridgehead atoms. The van der Waals surface area contributed by atoms with Crippen LogP contribution >= 0.6 is 39.1 Å². The van der Waals surface area contributed by atoms with Crippen LogP contribution in [0, 0.1) is 5.82 Å². The van der Waals surface area contributed by atoms with E-state index in [0.29, 0.717) is 0 Å². The number of amides is 1. The third kappa shape index (κ3) is 3.23. The van der Waals surface area contributed by atoms with E-state index in [1.165, 1.54) is 24.3 Å². The van der Waals surface area contributed by atoms with Crippen LogP contribution in [-0.4, -0.2) is 11.0 Å². The average molecular weight is 379 g/mol. The van der Waals surface area contributed by atoms with Gasteiger partial charge in [-0.2, -0.15) is 0 Å². The van der Waals surface area contributed by atoms with Crippen LogP contribution in [0.2, 0.25) is 10.0 Å². The molecule has 0 aromatic heterocycles. The molecule has 7 heteroatoms. The van der Waals surface area contributed by atoms with E-state index in [1.54, 1.807) is 0 Å². The second kappa shape index (κ2) is 5.99. The fraction of sp³-hybridized carbons (Fsp3) is 0. The molecular weight excluding hydrogens is 372 g/mol. The third-order valence-corrected chi connectivity index (χ3v) is 3.61. The van der Waals surface area contributed by atoms with E-state index < -0.39 is 11.7 Å². The summed E-state index contributed by atoms with van der Waals surface area (Å²) >= 11 is 14.5. The first-order valence-corrected chi connectivity index (χ1v) is 6.88. The van der Waals surface area contributed by atoms with Crippen molar-refractivity contribution in [1.29, 1.82) is 0 Å². The van der Waals surface area contributed by atoms with Gasteiger partial charge in [-0.3, -0.25) is 4.79 Å². The van der Waals surface area contributed by atoms with Crippen molar-refractivity contribution < 1.29 is 14.3 Å². The minimum absolute atomic E-state index is 0.00906. The normalized spacial score (nSPS) is 10.4. The molecule has 2 N–H and O–H groups in total. The van der Waals surface area contributed by atoms with Crippen molar-refractivity contribution in [3.8, 4) is 5.75 Å². The van der Waals surface area contributed by atoms with Gasteiger partial charge in [0.25, 0.3) is 5.91 Å². The fourth-order valence-corrected chi connectivity index (χ4v) is 2.23. The van der Waals surface area contributed by atoms with Gasteiger partial charge < -0.3 is 10.4 Å². The molecule has 104 valence electrons. The summed E-state index contributed by atoms with van der Waals surface area (Å²) in [6.07, 6.45) is 0. The molecule has 0 aliphatic heterocycles. The number of phenols is 1. The lowest BCUT2D eigenvalue weighted by atomic mass is 10.2. The maximum atomic E-state index is 13.4. The Labute approximate surface area is 132 Å². The number of phenolic OH excluding ortho intramolecular Hbond substituents is 1. The smallest absolute Gasteiger partial charge is 0.255 e. The highest BCUT2D eigenvalue weighted by molar-refractivity contribution is 9.10. The van der Waals surface area contributed by atoms with Gasteiger partial charge in [0, 0.05) is 10.6 Å². The Morgan fingerprint density at radius 1 is 1.25 bits per heavy atom. The Hall–Kier alpha value is -1.30. The molecule has 0 fully saturated rings. The van der Waals surface area contributed by atoms with E-state index in [4.69, 9.17) is 23.2 Å². The Kier molecular flexibility index (Phi) is 4.52. The molecule has 2 aromatic carbocycles. The average Bonchev–Trinajstić information content (AvgIpc) is 2.38. The van der Waals surface area contributed by atoms with Crippen molar-refractivity contribution in [3.63, 3.8) is 0 Å². The highest BCUT2D eigenvalue weighted by Crippen LogP contribution is 2.35. The summed E-state index contributed by atoms with van der Waals surface area (Å²) in [7, 11) is 0. The molecule has 0 spiro atoms. The van der Waals surface area contributed by atoms with Gasteiger partial charge in [-0.25, -0.2) is 4.39 Å². The molecule has 0 saturated carbocycles. The lowest BCUT2D eigenvalue weighted by molar-refractivity contribution is 0.102. The van der Waals surface area contributed by atoms with Gasteiger partial charge in [0.05, 0.1) is 15.2 Å². The molecule has 20 heavy (non-hydrogen) atoms. The van der Waals surface area contributed by atoms with E-state index in [0.717, 1.165) is 6.07 Å². The molecular formula is C13H7BrCl2FNO2. The lowest BCUT2D eigenvalue weighted by Crippen LogP contribution is -2.12. The van der Waals surface area contributed by atoms with E-state index >= 15 is 0 Å². The second-order valence-electron chi connectivity index (χ2n) is 3.87. The maximum absolute atomic E-state index is 13.4. The summed E-state index contributed by atoms with van der Waals surface area (Å²) in [6, 6.07) is 6.60. The number of benzene rings is 2. The topological polar surface area (TPSA) is 49.3 Å². The molecule has 0 unspecified atom stereocenters. The highest BCUT2D eigenvalue weighted by Gasteiger charge is 2.13. The van der Waals surface area contributed by atoms with Crippen molar-refractivity contribution in [2.45, 2.75) is 0 Å². The molecule has 0 aliphatic rings. The summed E-state index contributed by atoms with van der Waals surface area (Å²) in [6.45, 7) is 0. The Balaban J connectivity index is 2.30. The number of hydrogen-bond acceptors (Lipinski definition) is 2. The number of aromatic hydroxyl groups is 1. The van der Waals surface area contributed by atoms with Crippen molar-refractivity contribution in [2.24, 2.45) is 0 Å². The molecule has 3 nitrogen and oxygen atoms in total. The van der Waals surface area contributed by atoms with Crippen LogP contribution < -0.4 is 5.32 Å². The number of hydrogen-bond donors (Lipinski definition) is 2. The number of anilines is 1. The Morgan fingerprint density at radius 3 is 2.60 bits per heavy atom. The van der Waals surface area contributed by atoms with Crippen LogP contribution in [0.5, 0.6) is 5.75 Å². The number of carbonyl (C=O) groups excluding carboxylic acids is 1. The van der Waals surface area contributed by atoms with E-state index in [9.17, 15) is 14.3 Å². The van der Waals surface area contributed by atoms with Crippen molar-refractivity contribution in [1.82, 2.24) is 0 Å². The van der Waals surface area contributed by atoms with Gasteiger partial charge in [0.2, 0.25) is 0 Å². The van der Waals surface area contributed by atoms with Crippen LogP contribution in [-0.2, 0) is 0 Å². The number of rotatable bonds is 2. The fourth-order valence-electron chi connectivity index (χ4n) is 1.49. The Morgan fingerprint density at radius 2 is 1.95 bits per heavy atom. The van der Waals surface area contributed by atoms with Crippen LogP contribution in [0.15, 0.2) is 34.8 Å². The van der Waals surface area contributed by atoms with Gasteiger partial charge >= 0.3 is 0 Å². The molecule has 2 aromatic rings. The van der Waals surface area contributed by atoms with Gasteiger partial charge in [-0.1, -0.05) is 23.2 Å². The predicted molar refractivity (Wildman–Crippen MR) is 80.2 cm³/mol. The molecule has 0 heterocycles. The monoisotopic (exact) mass is 377 g/mol. The van der Waals surface area contributed by atoms with Crippen LogP contribution in [0.25, 0.3) is 0 Å². The summed E-state index contributed by atoms with van der Waals surface area (Å²) in [4.78, 5) is 12.0. The summed E-state index contributed by atoms with van der Waals surface area (Å²) in [5, 5.41) is 12.4. The van der Waals surface area contributed by atoms with Crippen molar-refractivity contribution in [2.75, 3.05) is 5.32 Å². The third-order valence-electron chi connectivity index (χ3n) is 2.46. The van der Waals surface area contributed by atoms with Gasteiger partial charge in [0.15, 0.2) is 5.75 Å². The van der Waals surface area contributed by atoms with Gasteiger partial charge in [-0.05, 0) is 46.3 Å². The molecule has 0 saturated heterocycles. The number of carbonyl (C=O) groups is 1. The standard InChI is InChI=1S/C13H7BrCl2FNO2/c14-8-2-1-6(3-10(8)17)13(20)18-11-5-7(15)4-9(16)12(11)19/h1-5,19H,(H,18,20). The maximum Gasteiger partial charge on any atom is 0.255 e. The highest BCUT2D eigenvalue weighted by atomic mass is 79.9.